The number of nitrogens with two attached hydrogens (primary N) is 1. The third-order valence-corrected chi connectivity index (χ3v) is 4.72. The zero-order valence-corrected chi connectivity index (χ0v) is 11.5. The summed E-state index contributed by atoms with van der Waals surface area (Å²) in [7, 11) is 0. The summed E-state index contributed by atoms with van der Waals surface area (Å²) < 4.78 is 5.49. The van der Waals surface area contributed by atoms with E-state index in [0.29, 0.717) is 5.92 Å². The predicted octanol–water partition coefficient (Wildman–Crippen LogP) is 3.13. The lowest BCUT2D eigenvalue weighted by Crippen LogP contribution is -2.22. The standard InChI is InChI=1S/C18H19NO/c19-18(14-5-6-15-10-20-11-17(15)9-14)16-7-12-3-1-2-4-13(12)8-16/h1-6,9,16,18H,7-8,10-11,19H2. The first-order valence-electron chi connectivity index (χ1n) is 7.33. The molecule has 1 unspecified atom stereocenters. The molecule has 20 heavy (non-hydrogen) atoms. The van der Waals surface area contributed by atoms with Gasteiger partial charge in [-0.1, -0.05) is 42.5 Å². The molecule has 2 aromatic rings. The molecule has 0 bridgehead atoms. The molecule has 2 aromatic carbocycles. The van der Waals surface area contributed by atoms with Crippen molar-refractivity contribution < 1.29 is 4.74 Å². The third-order valence-electron chi connectivity index (χ3n) is 4.72. The highest BCUT2D eigenvalue weighted by Crippen LogP contribution is 2.35. The van der Waals surface area contributed by atoms with Crippen LogP contribution < -0.4 is 5.73 Å². The van der Waals surface area contributed by atoms with Gasteiger partial charge in [0.15, 0.2) is 0 Å². The van der Waals surface area contributed by atoms with E-state index in [9.17, 15) is 0 Å². The SMILES string of the molecule is NC(c1ccc2c(c1)COC2)C1Cc2ccccc2C1. The quantitative estimate of drug-likeness (QED) is 0.905. The lowest BCUT2D eigenvalue weighted by molar-refractivity contribution is 0.134. The van der Waals surface area contributed by atoms with Gasteiger partial charge in [0.05, 0.1) is 13.2 Å². The topological polar surface area (TPSA) is 35.2 Å². The van der Waals surface area contributed by atoms with Crippen LogP contribution in [0.25, 0.3) is 0 Å². The summed E-state index contributed by atoms with van der Waals surface area (Å²) in [5.41, 5.74) is 13.4. The molecule has 0 saturated carbocycles. The van der Waals surface area contributed by atoms with Gasteiger partial charge in [-0.15, -0.1) is 0 Å². The van der Waals surface area contributed by atoms with E-state index in [2.05, 4.69) is 42.5 Å². The number of hydrogen-bond acceptors (Lipinski definition) is 2. The maximum Gasteiger partial charge on any atom is 0.0725 e. The van der Waals surface area contributed by atoms with E-state index in [1.807, 2.05) is 0 Å². The molecule has 1 atom stereocenters. The van der Waals surface area contributed by atoms with Gasteiger partial charge in [-0.2, -0.15) is 0 Å². The van der Waals surface area contributed by atoms with E-state index in [0.717, 1.165) is 26.1 Å². The molecule has 2 heteroatoms. The number of hydrogen-bond donors (Lipinski definition) is 1. The van der Waals surface area contributed by atoms with Crippen LogP contribution in [0.1, 0.15) is 33.9 Å². The van der Waals surface area contributed by atoms with Crippen molar-refractivity contribution in [3.8, 4) is 0 Å². The molecule has 1 aliphatic carbocycles. The van der Waals surface area contributed by atoms with Gasteiger partial charge in [0, 0.05) is 6.04 Å². The minimum Gasteiger partial charge on any atom is -0.372 e. The normalized spacial score (nSPS) is 18.9. The van der Waals surface area contributed by atoms with Crippen LogP contribution in [0.2, 0.25) is 0 Å². The molecule has 1 heterocycles. The fourth-order valence-electron chi connectivity index (χ4n) is 3.52. The summed E-state index contributed by atoms with van der Waals surface area (Å²) in [4.78, 5) is 0. The average Bonchev–Trinajstić information content (AvgIpc) is 3.11. The number of rotatable bonds is 2. The largest absolute Gasteiger partial charge is 0.372 e. The maximum atomic E-state index is 6.53. The van der Waals surface area contributed by atoms with Crippen molar-refractivity contribution in [3.05, 3.63) is 70.3 Å². The van der Waals surface area contributed by atoms with Crippen LogP contribution in [0, 0.1) is 5.92 Å². The van der Waals surface area contributed by atoms with Crippen LogP contribution in [-0.4, -0.2) is 0 Å². The number of ether oxygens (including phenoxy) is 1. The van der Waals surface area contributed by atoms with Crippen LogP contribution in [0.15, 0.2) is 42.5 Å². The van der Waals surface area contributed by atoms with Crippen molar-refractivity contribution in [2.45, 2.75) is 32.1 Å². The summed E-state index contributed by atoms with van der Waals surface area (Å²) in [5, 5.41) is 0. The Kier molecular flexibility index (Phi) is 2.86. The van der Waals surface area contributed by atoms with Gasteiger partial charge in [-0.05, 0) is 46.6 Å². The zero-order chi connectivity index (χ0) is 13.5. The summed E-state index contributed by atoms with van der Waals surface area (Å²) in [6.45, 7) is 1.49. The first-order valence-corrected chi connectivity index (χ1v) is 7.33. The van der Waals surface area contributed by atoms with Gasteiger partial charge in [-0.3, -0.25) is 0 Å². The highest BCUT2D eigenvalue weighted by atomic mass is 16.5. The molecule has 0 radical (unpaired) electrons. The van der Waals surface area contributed by atoms with Crippen LogP contribution in [0.3, 0.4) is 0 Å². The first kappa shape index (κ1) is 12.1. The highest BCUT2D eigenvalue weighted by molar-refractivity contribution is 5.37. The first-order chi connectivity index (χ1) is 9.81. The van der Waals surface area contributed by atoms with Crippen molar-refractivity contribution >= 4 is 0 Å². The average molecular weight is 265 g/mol. The summed E-state index contributed by atoms with van der Waals surface area (Å²) in [6, 6.07) is 15.4. The molecule has 2 nitrogen and oxygen atoms in total. The van der Waals surface area contributed by atoms with E-state index in [-0.39, 0.29) is 6.04 Å². The fraction of sp³-hybridized carbons (Fsp3) is 0.333. The summed E-state index contributed by atoms with van der Waals surface area (Å²) >= 11 is 0. The van der Waals surface area contributed by atoms with Gasteiger partial charge in [0.25, 0.3) is 0 Å². The summed E-state index contributed by atoms with van der Waals surface area (Å²) in [6.07, 6.45) is 2.20. The van der Waals surface area contributed by atoms with Crippen LogP contribution in [0.5, 0.6) is 0 Å². The molecule has 0 spiro atoms. The Hall–Kier alpha value is -1.64. The second kappa shape index (κ2) is 4.72. The molecule has 2 N–H and O–H groups in total. The lowest BCUT2D eigenvalue weighted by Gasteiger charge is -2.20. The van der Waals surface area contributed by atoms with Crippen LogP contribution in [-0.2, 0) is 30.8 Å². The Labute approximate surface area is 119 Å². The van der Waals surface area contributed by atoms with Gasteiger partial charge < -0.3 is 10.5 Å². The fourth-order valence-corrected chi connectivity index (χ4v) is 3.52. The second-order valence-electron chi connectivity index (χ2n) is 5.98. The van der Waals surface area contributed by atoms with Gasteiger partial charge >= 0.3 is 0 Å². The molecular formula is C18H19NO. The van der Waals surface area contributed by atoms with Crippen molar-refractivity contribution in [2.75, 3.05) is 0 Å². The number of benzene rings is 2. The zero-order valence-electron chi connectivity index (χ0n) is 11.5. The van der Waals surface area contributed by atoms with E-state index in [4.69, 9.17) is 10.5 Å². The van der Waals surface area contributed by atoms with Crippen molar-refractivity contribution in [3.63, 3.8) is 0 Å². The maximum absolute atomic E-state index is 6.53. The highest BCUT2D eigenvalue weighted by Gasteiger charge is 2.27. The van der Waals surface area contributed by atoms with E-state index < -0.39 is 0 Å². The molecule has 0 saturated heterocycles. The molecule has 0 amide bonds. The van der Waals surface area contributed by atoms with E-state index in [1.54, 1.807) is 0 Å². The Morgan fingerprint density at radius 1 is 0.900 bits per heavy atom. The number of fused-ring (bicyclic) bond motifs is 2. The van der Waals surface area contributed by atoms with Crippen LogP contribution in [0.4, 0.5) is 0 Å². The predicted molar refractivity (Wildman–Crippen MR) is 79.2 cm³/mol. The van der Waals surface area contributed by atoms with Crippen molar-refractivity contribution in [1.29, 1.82) is 0 Å². The Balaban J connectivity index is 1.58. The summed E-state index contributed by atoms with van der Waals surface area (Å²) in [5.74, 6) is 0.521. The Morgan fingerprint density at radius 3 is 2.35 bits per heavy atom. The van der Waals surface area contributed by atoms with Crippen LogP contribution >= 0.6 is 0 Å². The molecular weight excluding hydrogens is 246 g/mol. The monoisotopic (exact) mass is 265 g/mol. The van der Waals surface area contributed by atoms with Crippen molar-refractivity contribution in [1.82, 2.24) is 0 Å². The minimum atomic E-state index is 0.119. The second-order valence-corrected chi connectivity index (χ2v) is 5.98. The Bertz CT molecular complexity index is 625. The molecule has 102 valence electrons. The van der Waals surface area contributed by atoms with Gasteiger partial charge in [0.1, 0.15) is 0 Å². The minimum absolute atomic E-state index is 0.119. The molecule has 2 aliphatic rings. The third kappa shape index (κ3) is 1.96. The smallest absolute Gasteiger partial charge is 0.0725 e. The van der Waals surface area contributed by atoms with Gasteiger partial charge in [-0.25, -0.2) is 0 Å². The van der Waals surface area contributed by atoms with Crippen molar-refractivity contribution in [2.24, 2.45) is 11.7 Å². The molecule has 0 fully saturated rings. The van der Waals surface area contributed by atoms with Gasteiger partial charge in [0.2, 0.25) is 0 Å². The molecule has 1 aliphatic heterocycles. The molecule has 0 aromatic heterocycles. The van der Waals surface area contributed by atoms with E-state index >= 15 is 0 Å². The lowest BCUT2D eigenvalue weighted by atomic mass is 9.90. The Morgan fingerprint density at radius 2 is 1.60 bits per heavy atom. The molecule has 4 rings (SSSR count). The van der Waals surface area contributed by atoms with E-state index in [1.165, 1.54) is 27.8 Å².